The van der Waals surface area contributed by atoms with Gasteiger partial charge >= 0.3 is 0 Å². The zero-order valence-corrected chi connectivity index (χ0v) is 12.8. The van der Waals surface area contributed by atoms with Crippen LogP contribution >= 0.6 is 0 Å². The molecule has 1 aliphatic rings. The van der Waals surface area contributed by atoms with E-state index in [4.69, 9.17) is 0 Å². The summed E-state index contributed by atoms with van der Waals surface area (Å²) in [6.45, 7) is 0. The van der Waals surface area contributed by atoms with Gasteiger partial charge in [0.05, 0.1) is 27.3 Å². The van der Waals surface area contributed by atoms with Crippen LogP contribution in [0.4, 0.5) is 17.1 Å². The molecule has 3 rings (SSSR count). The Morgan fingerprint density at radius 3 is 2.00 bits per heavy atom. The lowest BCUT2D eigenvalue weighted by molar-refractivity contribution is -0.385. The van der Waals surface area contributed by atoms with E-state index in [1.165, 1.54) is 41.4 Å². The zero-order chi connectivity index (χ0) is 18.0. The molecule has 0 amide bonds. The van der Waals surface area contributed by atoms with E-state index in [-0.39, 0.29) is 11.4 Å². The molecule has 9 heteroatoms. The molecule has 2 aromatic rings. The van der Waals surface area contributed by atoms with Gasteiger partial charge in [0.2, 0.25) is 0 Å². The first-order valence-corrected chi connectivity index (χ1v) is 7.25. The summed E-state index contributed by atoms with van der Waals surface area (Å²) in [5, 5.41) is 36.7. The van der Waals surface area contributed by atoms with Crippen LogP contribution in [0.1, 0.15) is 12.0 Å². The lowest BCUT2D eigenvalue weighted by atomic mass is 10.0. The van der Waals surface area contributed by atoms with Gasteiger partial charge in [-0.25, -0.2) is 5.01 Å². The summed E-state index contributed by atoms with van der Waals surface area (Å²) in [5.74, 6) is 0. The summed E-state index contributed by atoms with van der Waals surface area (Å²) in [5.41, 5.74) is 1.81. The van der Waals surface area contributed by atoms with Crippen LogP contribution in [-0.4, -0.2) is 21.6 Å². The first-order valence-electron chi connectivity index (χ1n) is 7.25. The van der Waals surface area contributed by atoms with E-state index < -0.39 is 15.9 Å². The highest BCUT2D eigenvalue weighted by Crippen LogP contribution is 2.28. The van der Waals surface area contributed by atoms with Crippen molar-refractivity contribution in [1.82, 2.24) is 0 Å². The third-order valence-electron chi connectivity index (χ3n) is 3.80. The van der Waals surface area contributed by atoms with Crippen molar-refractivity contribution in [3.05, 3.63) is 74.3 Å². The zero-order valence-electron chi connectivity index (χ0n) is 12.8. The van der Waals surface area contributed by atoms with Crippen molar-refractivity contribution < 1.29 is 9.85 Å². The molecule has 0 unspecified atom stereocenters. The third kappa shape index (κ3) is 3.13. The molecule has 0 aliphatic carbocycles. The summed E-state index contributed by atoms with van der Waals surface area (Å²) < 4.78 is 0. The smallest absolute Gasteiger partial charge is 0.258 e. The Balaban J connectivity index is 1.90. The van der Waals surface area contributed by atoms with Gasteiger partial charge in [-0.1, -0.05) is 0 Å². The molecule has 124 valence electrons. The van der Waals surface area contributed by atoms with Crippen LogP contribution in [-0.2, 0) is 0 Å². The fourth-order valence-electron chi connectivity index (χ4n) is 2.53. The van der Waals surface area contributed by atoms with E-state index >= 15 is 0 Å². The standard InChI is InChI=1S/C16H11N5O4/c17-10-15-9-16(11-1-3-13(4-2-11)20(22)23)18-19(15)12-5-7-14(8-6-12)21(24)25/h1-8,15H,9H2/t15-/m0/s1. The fourth-order valence-corrected chi connectivity index (χ4v) is 2.53. The molecule has 0 saturated heterocycles. The number of benzene rings is 2. The highest BCUT2D eigenvalue weighted by Gasteiger charge is 2.28. The van der Waals surface area contributed by atoms with Crippen LogP contribution in [0.3, 0.4) is 0 Å². The molecule has 1 aliphatic heterocycles. The predicted molar refractivity (Wildman–Crippen MR) is 89.2 cm³/mol. The van der Waals surface area contributed by atoms with Gasteiger partial charge in [0.25, 0.3) is 11.4 Å². The largest absolute Gasteiger partial charge is 0.269 e. The molecule has 2 aromatic carbocycles. The minimum absolute atomic E-state index is 0.0218. The second kappa shape index (κ2) is 6.37. The lowest BCUT2D eigenvalue weighted by Crippen LogP contribution is -2.24. The average molecular weight is 337 g/mol. The molecule has 0 fully saturated rings. The van der Waals surface area contributed by atoms with Gasteiger partial charge in [-0.3, -0.25) is 20.2 Å². The summed E-state index contributed by atoms with van der Waals surface area (Å²) in [7, 11) is 0. The highest BCUT2D eigenvalue weighted by molar-refractivity contribution is 6.03. The molecule has 1 atom stereocenters. The van der Waals surface area contributed by atoms with Gasteiger partial charge in [-0.05, 0) is 29.8 Å². The summed E-state index contributed by atoms with van der Waals surface area (Å²) in [6.07, 6.45) is 0.352. The Morgan fingerprint density at radius 1 is 1.00 bits per heavy atom. The van der Waals surface area contributed by atoms with Crippen molar-refractivity contribution in [2.24, 2.45) is 5.10 Å². The Bertz CT molecular complexity index is 900. The number of nitriles is 1. The van der Waals surface area contributed by atoms with E-state index in [2.05, 4.69) is 11.2 Å². The number of non-ortho nitro benzene ring substituents is 2. The Hall–Kier alpha value is -3.80. The van der Waals surface area contributed by atoms with E-state index in [1.54, 1.807) is 12.1 Å². The van der Waals surface area contributed by atoms with Crippen LogP contribution in [0.5, 0.6) is 0 Å². The second-order valence-corrected chi connectivity index (χ2v) is 5.32. The molecule has 0 spiro atoms. The number of hydrogen-bond donors (Lipinski definition) is 0. The number of nitro benzene ring substituents is 2. The van der Waals surface area contributed by atoms with Crippen molar-refractivity contribution in [1.29, 1.82) is 5.26 Å². The molecule has 0 radical (unpaired) electrons. The molecular weight excluding hydrogens is 326 g/mol. The van der Waals surface area contributed by atoms with Gasteiger partial charge in [-0.15, -0.1) is 0 Å². The monoisotopic (exact) mass is 337 g/mol. The number of rotatable bonds is 4. The fraction of sp³-hybridized carbons (Fsp3) is 0.125. The number of hydrazone groups is 1. The minimum atomic E-state index is -0.549. The van der Waals surface area contributed by atoms with Gasteiger partial charge in [0, 0.05) is 30.7 Å². The number of nitrogens with zero attached hydrogens (tertiary/aromatic N) is 5. The van der Waals surface area contributed by atoms with Gasteiger partial charge in [0.15, 0.2) is 0 Å². The molecule has 0 N–H and O–H groups in total. The molecule has 0 aromatic heterocycles. The first-order chi connectivity index (χ1) is 12.0. The van der Waals surface area contributed by atoms with Crippen molar-refractivity contribution in [3.63, 3.8) is 0 Å². The number of anilines is 1. The predicted octanol–water partition coefficient (Wildman–Crippen LogP) is 3.01. The highest BCUT2D eigenvalue weighted by atomic mass is 16.6. The van der Waals surface area contributed by atoms with Gasteiger partial charge < -0.3 is 0 Å². The van der Waals surface area contributed by atoms with Crippen LogP contribution in [0.2, 0.25) is 0 Å². The molecule has 0 bridgehead atoms. The molecule has 0 saturated carbocycles. The Labute approximate surface area is 141 Å². The average Bonchev–Trinajstić information content (AvgIpc) is 3.06. The maximum atomic E-state index is 10.7. The van der Waals surface area contributed by atoms with Gasteiger partial charge in [-0.2, -0.15) is 10.4 Å². The number of hydrogen-bond acceptors (Lipinski definition) is 7. The topological polar surface area (TPSA) is 126 Å². The third-order valence-corrected chi connectivity index (χ3v) is 3.80. The molecule has 1 heterocycles. The summed E-state index contributed by atoms with van der Waals surface area (Å²) in [4.78, 5) is 20.5. The minimum Gasteiger partial charge on any atom is -0.258 e. The summed E-state index contributed by atoms with van der Waals surface area (Å²) >= 11 is 0. The lowest BCUT2D eigenvalue weighted by Gasteiger charge is -2.17. The molecule has 9 nitrogen and oxygen atoms in total. The van der Waals surface area contributed by atoms with Crippen molar-refractivity contribution in [3.8, 4) is 6.07 Å². The SMILES string of the molecule is N#C[C@@H]1CC(c2ccc([N+](=O)[O-])cc2)=NN1c1ccc([N+](=O)[O-])cc1. The van der Waals surface area contributed by atoms with Crippen LogP contribution in [0.15, 0.2) is 53.6 Å². The van der Waals surface area contributed by atoms with E-state index in [1.807, 2.05) is 0 Å². The maximum absolute atomic E-state index is 10.7. The van der Waals surface area contributed by atoms with Crippen molar-refractivity contribution >= 4 is 22.8 Å². The van der Waals surface area contributed by atoms with Crippen molar-refractivity contribution in [2.75, 3.05) is 5.01 Å². The normalized spacial score (nSPS) is 16.2. The van der Waals surface area contributed by atoms with Crippen molar-refractivity contribution in [2.45, 2.75) is 12.5 Å². The number of nitro groups is 2. The first kappa shape index (κ1) is 16.1. The van der Waals surface area contributed by atoms with Crippen LogP contribution in [0.25, 0.3) is 0 Å². The Morgan fingerprint density at radius 2 is 1.52 bits per heavy atom. The van der Waals surface area contributed by atoms with E-state index in [0.717, 1.165) is 0 Å². The Kier molecular flexibility index (Phi) is 4.09. The van der Waals surface area contributed by atoms with Crippen LogP contribution in [0, 0.1) is 31.6 Å². The van der Waals surface area contributed by atoms with E-state index in [9.17, 15) is 25.5 Å². The molecular formula is C16H11N5O4. The second-order valence-electron chi connectivity index (χ2n) is 5.32. The quantitative estimate of drug-likeness (QED) is 0.623. The maximum Gasteiger partial charge on any atom is 0.269 e. The van der Waals surface area contributed by atoms with E-state index in [0.29, 0.717) is 23.4 Å². The van der Waals surface area contributed by atoms with Gasteiger partial charge in [0.1, 0.15) is 6.04 Å². The molecule has 25 heavy (non-hydrogen) atoms. The summed E-state index contributed by atoms with van der Waals surface area (Å²) in [6, 6.07) is 13.3. The van der Waals surface area contributed by atoms with Crippen LogP contribution < -0.4 is 5.01 Å².